The van der Waals surface area contributed by atoms with Crippen LogP contribution in [0.5, 0.6) is 0 Å². The van der Waals surface area contributed by atoms with Crippen LogP contribution in [0, 0.1) is 10.1 Å². The van der Waals surface area contributed by atoms with Gasteiger partial charge in [0.25, 0.3) is 5.69 Å². The molecule has 2 aromatic rings. The molecule has 0 aliphatic carbocycles. The normalized spacial score (nSPS) is 12.2. The van der Waals surface area contributed by atoms with E-state index in [2.05, 4.69) is 35.2 Å². The van der Waals surface area contributed by atoms with Crippen LogP contribution < -0.4 is 4.90 Å². The van der Waals surface area contributed by atoms with Gasteiger partial charge in [-0.1, -0.05) is 72.9 Å². The number of hydrogen-bond acceptors (Lipinski definition) is 3. The van der Waals surface area contributed by atoms with Gasteiger partial charge >= 0.3 is 0 Å². The molecule has 0 amide bonds. The van der Waals surface area contributed by atoms with Crippen LogP contribution in [0.25, 0.3) is 12.2 Å². The van der Waals surface area contributed by atoms with Gasteiger partial charge in [0.05, 0.1) is 4.92 Å². The molecule has 0 spiro atoms. The summed E-state index contributed by atoms with van der Waals surface area (Å²) in [5.41, 5.74) is 3.37. The SMILES string of the molecule is CN(C)c1ccc(/C=C/C=C/C=C/C=C/C=C/c2ccc([N+](=O)[O-])cc2)cc1. The van der Waals surface area contributed by atoms with Gasteiger partial charge in [0, 0.05) is 31.9 Å². The molecule has 4 nitrogen and oxygen atoms in total. The second-order valence-electron chi connectivity index (χ2n) is 6.21. The third kappa shape index (κ3) is 7.30. The second kappa shape index (κ2) is 11.1. The second-order valence-corrected chi connectivity index (χ2v) is 6.21. The van der Waals surface area contributed by atoms with Gasteiger partial charge in [-0.2, -0.15) is 0 Å². The predicted molar refractivity (Wildman–Crippen MR) is 119 cm³/mol. The highest BCUT2D eigenvalue weighted by Crippen LogP contribution is 2.13. The first kappa shape index (κ1) is 20.6. The summed E-state index contributed by atoms with van der Waals surface area (Å²) in [5.74, 6) is 0. The zero-order valence-corrected chi connectivity index (χ0v) is 16.1. The largest absolute Gasteiger partial charge is 0.378 e. The molecule has 0 saturated heterocycles. The van der Waals surface area contributed by atoms with Crippen molar-refractivity contribution in [2.24, 2.45) is 0 Å². The number of benzene rings is 2. The molecule has 0 fully saturated rings. The summed E-state index contributed by atoms with van der Waals surface area (Å²) in [4.78, 5) is 12.3. The quantitative estimate of drug-likeness (QED) is 0.322. The Morgan fingerprint density at radius 3 is 1.46 bits per heavy atom. The van der Waals surface area contributed by atoms with E-state index in [0.717, 1.165) is 11.1 Å². The highest BCUT2D eigenvalue weighted by atomic mass is 16.6. The van der Waals surface area contributed by atoms with Gasteiger partial charge in [-0.3, -0.25) is 10.1 Å². The van der Waals surface area contributed by atoms with Crippen molar-refractivity contribution in [2.45, 2.75) is 0 Å². The molecule has 0 atom stereocenters. The Morgan fingerprint density at radius 2 is 1.07 bits per heavy atom. The van der Waals surface area contributed by atoms with Crippen molar-refractivity contribution in [3.05, 3.63) is 118 Å². The van der Waals surface area contributed by atoms with E-state index in [9.17, 15) is 10.1 Å². The molecule has 2 rings (SSSR count). The smallest absolute Gasteiger partial charge is 0.269 e. The van der Waals surface area contributed by atoms with Gasteiger partial charge in [0.1, 0.15) is 0 Å². The van der Waals surface area contributed by atoms with Gasteiger partial charge in [-0.15, -0.1) is 0 Å². The third-order valence-corrected chi connectivity index (χ3v) is 3.87. The number of allylic oxidation sites excluding steroid dienone is 8. The lowest BCUT2D eigenvalue weighted by Gasteiger charge is -2.11. The predicted octanol–water partition coefficient (Wildman–Crippen LogP) is 6.06. The number of non-ortho nitro benzene ring substituents is 1. The lowest BCUT2D eigenvalue weighted by atomic mass is 10.2. The molecule has 0 heterocycles. The van der Waals surface area contributed by atoms with Crippen LogP contribution in [-0.4, -0.2) is 19.0 Å². The molecule has 4 heteroatoms. The molecule has 142 valence electrons. The lowest BCUT2D eigenvalue weighted by Crippen LogP contribution is -2.07. The van der Waals surface area contributed by atoms with E-state index in [4.69, 9.17) is 0 Å². The van der Waals surface area contributed by atoms with Crippen LogP contribution in [0.3, 0.4) is 0 Å². The van der Waals surface area contributed by atoms with Crippen molar-refractivity contribution >= 4 is 23.5 Å². The van der Waals surface area contributed by atoms with Crippen LogP contribution in [0.4, 0.5) is 11.4 Å². The van der Waals surface area contributed by atoms with Crippen molar-refractivity contribution in [3.63, 3.8) is 0 Å². The maximum atomic E-state index is 10.6. The first-order valence-electron chi connectivity index (χ1n) is 8.93. The number of anilines is 1. The Labute approximate surface area is 166 Å². The zero-order chi connectivity index (χ0) is 20.2. The summed E-state index contributed by atoms with van der Waals surface area (Å²) >= 11 is 0. The number of rotatable bonds is 8. The average Bonchev–Trinajstić information content (AvgIpc) is 2.70. The first-order chi connectivity index (χ1) is 13.6. The third-order valence-electron chi connectivity index (χ3n) is 3.87. The molecule has 0 aromatic heterocycles. The van der Waals surface area contributed by atoms with E-state index in [-0.39, 0.29) is 5.69 Å². The molecule has 0 bridgehead atoms. The molecule has 2 aromatic carbocycles. The molecule has 0 radical (unpaired) electrons. The van der Waals surface area contributed by atoms with Gasteiger partial charge in [0.2, 0.25) is 0 Å². The number of nitro benzene ring substituents is 1. The van der Waals surface area contributed by atoms with Gasteiger partial charge < -0.3 is 4.90 Å². The van der Waals surface area contributed by atoms with E-state index in [0.29, 0.717) is 0 Å². The molecular formula is C24H24N2O2. The summed E-state index contributed by atoms with van der Waals surface area (Å²) < 4.78 is 0. The minimum atomic E-state index is -0.401. The van der Waals surface area contributed by atoms with Crippen molar-refractivity contribution in [3.8, 4) is 0 Å². The van der Waals surface area contributed by atoms with Gasteiger partial charge in [-0.25, -0.2) is 0 Å². The Morgan fingerprint density at radius 1 is 0.679 bits per heavy atom. The van der Waals surface area contributed by atoms with Crippen LogP contribution >= 0.6 is 0 Å². The van der Waals surface area contributed by atoms with E-state index in [1.807, 2.05) is 68.8 Å². The highest BCUT2D eigenvalue weighted by molar-refractivity contribution is 5.56. The summed E-state index contributed by atoms with van der Waals surface area (Å²) in [6, 6.07) is 14.8. The molecular weight excluding hydrogens is 348 g/mol. The Bertz CT molecular complexity index is 901. The summed E-state index contributed by atoms with van der Waals surface area (Å²) in [7, 11) is 4.06. The van der Waals surface area contributed by atoms with E-state index < -0.39 is 4.92 Å². The fourth-order valence-corrected chi connectivity index (χ4v) is 2.31. The summed E-state index contributed by atoms with van der Waals surface area (Å²) in [5, 5.41) is 10.6. The molecule has 0 saturated carbocycles. The average molecular weight is 372 g/mol. The van der Waals surface area contributed by atoms with E-state index >= 15 is 0 Å². The van der Waals surface area contributed by atoms with Crippen molar-refractivity contribution < 1.29 is 4.92 Å². The summed E-state index contributed by atoms with van der Waals surface area (Å²) in [6.07, 6.45) is 19.5. The first-order valence-corrected chi connectivity index (χ1v) is 8.93. The van der Waals surface area contributed by atoms with Gasteiger partial charge in [-0.05, 0) is 35.4 Å². The monoisotopic (exact) mass is 372 g/mol. The molecule has 0 aliphatic heterocycles. The number of hydrogen-bond donors (Lipinski definition) is 0. The highest BCUT2D eigenvalue weighted by Gasteiger charge is 2.01. The van der Waals surface area contributed by atoms with Crippen molar-refractivity contribution in [1.82, 2.24) is 0 Å². The Hall–Kier alpha value is -3.66. The Balaban J connectivity index is 1.75. The van der Waals surface area contributed by atoms with Crippen molar-refractivity contribution in [2.75, 3.05) is 19.0 Å². The number of nitrogens with zero attached hydrogens (tertiary/aromatic N) is 2. The maximum absolute atomic E-state index is 10.6. The van der Waals surface area contributed by atoms with Crippen molar-refractivity contribution in [1.29, 1.82) is 0 Å². The summed E-state index contributed by atoms with van der Waals surface area (Å²) in [6.45, 7) is 0. The zero-order valence-electron chi connectivity index (χ0n) is 16.1. The van der Waals surface area contributed by atoms with Gasteiger partial charge in [0.15, 0.2) is 0 Å². The minimum Gasteiger partial charge on any atom is -0.378 e. The van der Waals surface area contributed by atoms with Crippen LogP contribution in [0.2, 0.25) is 0 Å². The van der Waals surface area contributed by atoms with E-state index in [1.54, 1.807) is 12.1 Å². The topological polar surface area (TPSA) is 46.4 Å². The molecule has 0 N–H and O–H groups in total. The molecule has 28 heavy (non-hydrogen) atoms. The fourth-order valence-electron chi connectivity index (χ4n) is 2.31. The minimum absolute atomic E-state index is 0.0991. The van der Waals surface area contributed by atoms with Crippen LogP contribution in [0.1, 0.15) is 11.1 Å². The van der Waals surface area contributed by atoms with Crippen LogP contribution in [0.15, 0.2) is 97.1 Å². The molecule has 0 aliphatic rings. The standard InChI is InChI=1S/C24H24N2O2/c1-25(2)23-17-13-21(14-18-23)11-9-7-5-3-4-6-8-10-12-22-15-19-24(20-16-22)26(27)28/h3-20H,1-2H3/b4-3+,7-5+,8-6+,11-9+,12-10+. The molecule has 0 unspecified atom stereocenters. The maximum Gasteiger partial charge on any atom is 0.269 e. The fraction of sp³-hybridized carbons (Fsp3) is 0.0833. The lowest BCUT2D eigenvalue weighted by molar-refractivity contribution is -0.384. The number of nitro groups is 1. The Kier molecular flexibility index (Phi) is 8.21. The van der Waals surface area contributed by atoms with E-state index in [1.165, 1.54) is 17.8 Å². The van der Waals surface area contributed by atoms with Crippen LogP contribution in [-0.2, 0) is 0 Å².